The van der Waals surface area contributed by atoms with Crippen LogP contribution in [0, 0.1) is 5.82 Å². The van der Waals surface area contributed by atoms with Gasteiger partial charge in [0.05, 0.1) is 11.3 Å². The molecule has 30 heavy (non-hydrogen) atoms. The van der Waals surface area contributed by atoms with E-state index in [2.05, 4.69) is 20.7 Å². The summed E-state index contributed by atoms with van der Waals surface area (Å²) in [6.07, 6.45) is -1.10. The highest BCUT2D eigenvalue weighted by Crippen LogP contribution is 2.32. The van der Waals surface area contributed by atoms with E-state index in [0.717, 1.165) is 23.4 Å². The normalized spacial score (nSPS) is 11.7. The number of alkyl halides is 3. The number of guanidine groups is 1. The maximum atomic E-state index is 13.2. The van der Waals surface area contributed by atoms with Crippen molar-refractivity contribution >= 4 is 29.9 Å². The Morgan fingerprint density at radius 2 is 1.77 bits per heavy atom. The first-order valence-corrected chi connectivity index (χ1v) is 8.76. The molecule has 0 saturated heterocycles. The molecule has 0 amide bonds. The van der Waals surface area contributed by atoms with Crippen LogP contribution >= 0.6 is 24.0 Å². The van der Waals surface area contributed by atoms with Crippen LogP contribution in [0.4, 0.5) is 17.6 Å². The zero-order chi connectivity index (χ0) is 20.9. The van der Waals surface area contributed by atoms with Crippen molar-refractivity contribution in [3.05, 3.63) is 83.4 Å². The number of aromatic nitrogens is 2. The van der Waals surface area contributed by atoms with E-state index >= 15 is 0 Å². The van der Waals surface area contributed by atoms with Crippen molar-refractivity contribution in [3.63, 3.8) is 0 Å². The molecule has 0 aliphatic carbocycles. The van der Waals surface area contributed by atoms with E-state index in [9.17, 15) is 17.6 Å². The van der Waals surface area contributed by atoms with Gasteiger partial charge in [-0.3, -0.25) is 4.99 Å². The van der Waals surface area contributed by atoms with Gasteiger partial charge in [-0.2, -0.15) is 18.3 Å². The summed E-state index contributed by atoms with van der Waals surface area (Å²) in [6.45, 7) is 0.279. The van der Waals surface area contributed by atoms with Crippen molar-refractivity contribution in [2.45, 2.75) is 19.3 Å². The topological polar surface area (TPSA) is 54.2 Å². The van der Waals surface area contributed by atoms with E-state index < -0.39 is 17.6 Å². The molecule has 0 bridgehead atoms. The van der Waals surface area contributed by atoms with Gasteiger partial charge in [-0.05, 0) is 41.5 Å². The maximum absolute atomic E-state index is 13.2. The molecule has 0 fully saturated rings. The lowest BCUT2D eigenvalue weighted by Crippen LogP contribution is -2.36. The molecule has 0 saturated carbocycles. The molecule has 0 aliphatic rings. The first-order valence-electron chi connectivity index (χ1n) is 8.76. The minimum atomic E-state index is -4.63. The molecule has 0 aliphatic heterocycles. The molecule has 2 aromatic carbocycles. The van der Waals surface area contributed by atoms with Crippen molar-refractivity contribution in [1.82, 2.24) is 20.4 Å². The van der Waals surface area contributed by atoms with Gasteiger partial charge in [-0.25, -0.2) is 9.07 Å². The van der Waals surface area contributed by atoms with Crippen LogP contribution in [0.3, 0.4) is 0 Å². The zero-order valence-corrected chi connectivity index (χ0v) is 18.3. The monoisotopic (exact) mass is 533 g/mol. The van der Waals surface area contributed by atoms with Gasteiger partial charge in [-0.1, -0.05) is 18.2 Å². The molecule has 1 aromatic heterocycles. The van der Waals surface area contributed by atoms with E-state index in [1.54, 1.807) is 10.9 Å². The molecule has 160 valence electrons. The fraction of sp³-hybridized carbons (Fsp3) is 0.200. The van der Waals surface area contributed by atoms with Crippen molar-refractivity contribution in [2.24, 2.45) is 4.99 Å². The van der Waals surface area contributed by atoms with Gasteiger partial charge in [0.15, 0.2) is 5.96 Å². The highest BCUT2D eigenvalue weighted by molar-refractivity contribution is 14.0. The first-order chi connectivity index (χ1) is 13.9. The number of hydrogen-bond donors (Lipinski definition) is 2. The number of aliphatic imine (C=N–C) groups is 1. The van der Waals surface area contributed by atoms with E-state index in [1.165, 1.54) is 7.05 Å². The summed E-state index contributed by atoms with van der Waals surface area (Å²) < 4.78 is 54.2. The van der Waals surface area contributed by atoms with E-state index in [-0.39, 0.29) is 36.1 Å². The van der Waals surface area contributed by atoms with Gasteiger partial charge in [0.25, 0.3) is 0 Å². The van der Waals surface area contributed by atoms with Gasteiger partial charge >= 0.3 is 6.18 Å². The molecule has 0 atom stereocenters. The van der Waals surface area contributed by atoms with E-state index in [4.69, 9.17) is 0 Å². The summed E-state index contributed by atoms with van der Waals surface area (Å²) >= 11 is 0. The molecule has 3 rings (SSSR count). The number of benzene rings is 2. The lowest BCUT2D eigenvalue weighted by atomic mass is 10.1. The predicted octanol–water partition coefficient (Wildman–Crippen LogP) is 4.51. The summed E-state index contributed by atoms with van der Waals surface area (Å²) in [6, 6.07) is 12.1. The van der Waals surface area contributed by atoms with Crippen LogP contribution in [0.2, 0.25) is 0 Å². The number of nitrogens with zero attached hydrogens (tertiary/aromatic N) is 3. The van der Waals surface area contributed by atoms with Crippen molar-refractivity contribution in [3.8, 4) is 5.69 Å². The Labute approximate surface area is 188 Å². The molecule has 0 unspecified atom stereocenters. The van der Waals surface area contributed by atoms with E-state index in [0.29, 0.717) is 18.6 Å². The average Bonchev–Trinajstić information content (AvgIpc) is 3.23. The van der Waals surface area contributed by atoms with Crippen LogP contribution in [-0.4, -0.2) is 22.8 Å². The minimum absolute atomic E-state index is 0. The molecule has 5 nitrogen and oxygen atoms in total. The second-order valence-electron chi connectivity index (χ2n) is 6.20. The summed E-state index contributed by atoms with van der Waals surface area (Å²) in [5, 5.41) is 10.0. The van der Waals surface area contributed by atoms with Crippen LogP contribution in [0.1, 0.15) is 16.7 Å². The lowest BCUT2D eigenvalue weighted by Gasteiger charge is -2.16. The average molecular weight is 533 g/mol. The minimum Gasteiger partial charge on any atom is -0.352 e. The van der Waals surface area contributed by atoms with Gasteiger partial charge in [-0.15, -0.1) is 24.0 Å². The predicted molar refractivity (Wildman–Crippen MR) is 117 cm³/mol. The number of halogens is 5. The quantitative estimate of drug-likeness (QED) is 0.220. The maximum Gasteiger partial charge on any atom is 0.416 e. The van der Waals surface area contributed by atoms with Crippen LogP contribution < -0.4 is 10.6 Å². The Morgan fingerprint density at radius 3 is 2.37 bits per heavy atom. The Balaban J connectivity index is 0.00000320. The van der Waals surface area contributed by atoms with Crippen LogP contribution in [-0.2, 0) is 19.3 Å². The lowest BCUT2D eigenvalue weighted by molar-refractivity contribution is -0.138. The fourth-order valence-electron chi connectivity index (χ4n) is 2.74. The van der Waals surface area contributed by atoms with Crippen LogP contribution in [0.25, 0.3) is 5.69 Å². The first kappa shape index (κ1) is 23.6. The third-order valence-electron chi connectivity index (χ3n) is 4.21. The second-order valence-corrected chi connectivity index (χ2v) is 6.20. The van der Waals surface area contributed by atoms with Gasteiger partial charge in [0.1, 0.15) is 5.82 Å². The molecule has 0 radical (unpaired) electrons. The molecule has 0 spiro atoms. The zero-order valence-electron chi connectivity index (χ0n) is 15.9. The number of nitrogens with one attached hydrogen (secondary N) is 2. The number of hydrogen-bond acceptors (Lipinski definition) is 2. The Bertz CT molecular complexity index is 970. The molecule has 10 heteroatoms. The Morgan fingerprint density at radius 1 is 1.07 bits per heavy atom. The van der Waals surface area contributed by atoms with Crippen molar-refractivity contribution < 1.29 is 17.6 Å². The molecular weight excluding hydrogens is 513 g/mol. The standard InChI is InChI=1S/C20H19F4N5.HI/c1-25-19(27-13-15-5-6-16(21)11-18(15)20(22,23)24)26-12-14-3-7-17(8-4-14)29-10-2-9-28-29;/h2-11H,12-13H2,1H3,(H2,25,26,27);1H. The van der Waals surface area contributed by atoms with Crippen LogP contribution in [0.15, 0.2) is 65.9 Å². The van der Waals surface area contributed by atoms with Crippen LogP contribution in [0.5, 0.6) is 0 Å². The molecule has 2 N–H and O–H groups in total. The highest BCUT2D eigenvalue weighted by Gasteiger charge is 2.33. The smallest absolute Gasteiger partial charge is 0.352 e. The third kappa shape index (κ3) is 6.18. The van der Waals surface area contributed by atoms with Gasteiger partial charge < -0.3 is 10.6 Å². The SMILES string of the molecule is CN=C(NCc1ccc(-n2cccn2)cc1)NCc1ccc(F)cc1C(F)(F)F.I. The van der Waals surface area contributed by atoms with Crippen molar-refractivity contribution in [2.75, 3.05) is 7.05 Å². The molecular formula is C20H20F4IN5. The largest absolute Gasteiger partial charge is 0.416 e. The molecule has 3 aromatic rings. The fourth-order valence-corrected chi connectivity index (χ4v) is 2.74. The molecule has 1 heterocycles. The Hall–Kier alpha value is -2.63. The summed E-state index contributed by atoms with van der Waals surface area (Å²) in [7, 11) is 1.52. The summed E-state index contributed by atoms with van der Waals surface area (Å²) in [5.41, 5.74) is 0.805. The van der Waals surface area contributed by atoms with Gasteiger partial charge in [0.2, 0.25) is 0 Å². The van der Waals surface area contributed by atoms with E-state index in [1.807, 2.05) is 36.5 Å². The highest BCUT2D eigenvalue weighted by atomic mass is 127. The summed E-state index contributed by atoms with van der Waals surface area (Å²) in [5.74, 6) is -0.597. The Kier molecular flexibility index (Phi) is 8.21. The number of rotatable bonds is 5. The van der Waals surface area contributed by atoms with Gasteiger partial charge in [0, 0.05) is 32.5 Å². The third-order valence-corrected chi connectivity index (χ3v) is 4.21. The summed E-state index contributed by atoms with van der Waals surface area (Å²) in [4.78, 5) is 4.01. The van der Waals surface area contributed by atoms with Crippen molar-refractivity contribution in [1.29, 1.82) is 0 Å². The second kappa shape index (κ2) is 10.4.